The third-order valence-corrected chi connectivity index (χ3v) is 7.97. The molecule has 0 aliphatic rings. The van der Waals surface area contributed by atoms with Gasteiger partial charge in [0.25, 0.3) is 0 Å². The standard InChI is InChI=1S/C17H17BrO3S/c1-3-17(18,22(2,20)21)16(19)15-11-9-14(10-12-15)13-7-5-4-6-8-13/h4-12H,3H2,1-2H3/t17-/m1/s1. The van der Waals surface area contributed by atoms with Gasteiger partial charge >= 0.3 is 0 Å². The number of hydrogen-bond acceptors (Lipinski definition) is 3. The third kappa shape index (κ3) is 3.15. The molecule has 2 rings (SSSR count). The molecule has 1 atom stereocenters. The molecule has 0 N–H and O–H groups in total. The van der Waals surface area contributed by atoms with Gasteiger partial charge in [0.1, 0.15) is 0 Å². The highest BCUT2D eigenvalue weighted by molar-refractivity contribution is 9.12. The van der Waals surface area contributed by atoms with Gasteiger partial charge in [0.05, 0.1) is 0 Å². The van der Waals surface area contributed by atoms with Crippen LogP contribution >= 0.6 is 15.9 Å². The molecule has 0 radical (unpaired) electrons. The zero-order valence-electron chi connectivity index (χ0n) is 12.4. The molecule has 0 fully saturated rings. The lowest BCUT2D eigenvalue weighted by molar-refractivity contribution is 0.0976. The summed E-state index contributed by atoms with van der Waals surface area (Å²) in [7, 11) is -3.56. The normalized spacial score (nSPS) is 14.3. The Morgan fingerprint density at radius 1 is 1.00 bits per heavy atom. The molecule has 22 heavy (non-hydrogen) atoms. The number of carbonyl (C=O) groups excluding carboxylic acids is 1. The van der Waals surface area contributed by atoms with Crippen molar-refractivity contribution in [2.75, 3.05) is 6.26 Å². The van der Waals surface area contributed by atoms with Gasteiger partial charge in [-0.25, -0.2) is 8.42 Å². The van der Waals surface area contributed by atoms with Crippen LogP contribution in [0.15, 0.2) is 54.6 Å². The molecule has 2 aromatic carbocycles. The number of sulfone groups is 1. The Morgan fingerprint density at radius 2 is 1.50 bits per heavy atom. The second-order valence-electron chi connectivity index (χ2n) is 5.13. The van der Waals surface area contributed by atoms with Crippen molar-refractivity contribution in [2.45, 2.75) is 17.0 Å². The Bertz CT molecular complexity index is 767. The van der Waals surface area contributed by atoms with E-state index in [2.05, 4.69) is 15.9 Å². The predicted octanol–water partition coefficient (Wildman–Crippen LogP) is 4.08. The number of Topliss-reactive ketones (excluding diaryl/α,β-unsaturated/α-hetero) is 1. The van der Waals surface area contributed by atoms with Crippen LogP contribution in [0.25, 0.3) is 11.1 Å². The first-order chi connectivity index (χ1) is 10.3. The smallest absolute Gasteiger partial charge is 0.194 e. The maximum absolute atomic E-state index is 12.6. The highest BCUT2D eigenvalue weighted by atomic mass is 79.9. The number of ketones is 1. The van der Waals surface area contributed by atoms with Crippen molar-refractivity contribution in [1.82, 2.24) is 0 Å². The van der Waals surface area contributed by atoms with Crippen LogP contribution in [-0.4, -0.2) is 24.1 Å². The Labute approximate surface area is 139 Å². The summed E-state index contributed by atoms with van der Waals surface area (Å²) in [5.74, 6) is -0.433. The van der Waals surface area contributed by atoms with Crippen LogP contribution in [-0.2, 0) is 9.84 Å². The lowest BCUT2D eigenvalue weighted by Gasteiger charge is -2.22. The quantitative estimate of drug-likeness (QED) is 0.579. The minimum absolute atomic E-state index is 0.172. The summed E-state index contributed by atoms with van der Waals surface area (Å²) >= 11 is 3.13. The minimum atomic E-state index is -3.56. The zero-order chi connectivity index (χ0) is 16.4. The first-order valence-corrected chi connectivity index (χ1v) is 9.57. The molecule has 0 amide bonds. The molecule has 0 aliphatic carbocycles. The molecule has 5 heteroatoms. The van der Waals surface area contributed by atoms with E-state index in [0.29, 0.717) is 5.56 Å². The summed E-state index contributed by atoms with van der Waals surface area (Å²) in [5, 5.41) is 0. The van der Waals surface area contributed by atoms with E-state index in [-0.39, 0.29) is 6.42 Å². The molecule has 0 saturated carbocycles. The van der Waals surface area contributed by atoms with Gasteiger partial charge in [0.2, 0.25) is 0 Å². The van der Waals surface area contributed by atoms with E-state index in [4.69, 9.17) is 0 Å². The average Bonchev–Trinajstić information content (AvgIpc) is 2.53. The summed E-state index contributed by atoms with van der Waals surface area (Å²) in [6.45, 7) is 1.67. The Morgan fingerprint density at radius 3 is 1.95 bits per heavy atom. The molecule has 2 aromatic rings. The van der Waals surface area contributed by atoms with E-state index in [0.717, 1.165) is 17.4 Å². The first-order valence-electron chi connectivity index (χ1n) is 6.88. The van der Waals surface area contributed by atoms with Crippen molar-refractivity contribution >= 4 is 31.6 Å². The average molecular weight is 381 g/mol. The number of benzene rings is 2. The number of alkyl halides is 1. The lowest BCUT2D eigenvalue weighted by atomic mass is 10.0. The fourth-order valence-corrected chi connectivity index (χ4v) is 3.46. The molecule has 0 bridgehead atoms. The Kier molecular flexibility index (Phi) is 4.87. The number of carbonyl (C=O) groups is 1. The van der Waals surface area contributed by atoms with Gasteiger partial charge in [-0.3, -0.25) is 4.79 Å². The van der Waals surface area contributed by atoms with Crippen LogP contribution in [0.1, 0.15) is 23.7 Å². The van der Waals surface area contributed by atoms with Crippen LogP contribution in [0, 0.1) is 0 Å². The van der Waals surface area contributed by atoms with E-state index in [9.17, 15) is 13.2 Å². The summed E-state index contributed by atoms with van der Waals surface area (Å²) in [4.78, 5) is 12.6. The largest absolute Gasteiger partial charge is 0.291 e. The summed E-state index contributed by atoms with van der Waals surface area (Å²) in [6, 6.07) is 16.8. The van der Waals surface area contributed by atoms with Gasteiger partial charge < -0.3 is 0 Å². The van der Waals surface area contributed by atoms with E-state index in [1.807, 2.05) is 42.5 Å². The molecule has 0 unspecified atom stereocenters. The molecule has 0 aromatic heterocycles. The molecule has 3 nitrogen and oxygen atoms in total. The number of rotatable bonds is 5. The molecule has 0 spiro atoms. The van der Waals surface area contributed by atoms with Crippen LogP contribution < -0.4 is 0 Å². The van der Waals surface area contributed by atoms with Gasteiger partial charge in [-0.05, 0) is 17.5 Å². The molecular weight excluding hydrogens is 364 g/mol. The first kappa shape index (κ1) is 16.9. The van der Waals surface area contributed by atoms with Crippen molar-refractivity contribution in [3.8, 4) is 11.1 Å². The Hall–Kier alpha value is -1.46. The van der Waals surface area contributed by atoms with Crippen LogP contribution in [0.2, 0.25) is 0 Å². The van der Waals surface area contributed by atoms with Crippen LogP contribution in [0.4, 0.5) is 0 Å². The number of hydrogen-bond donors (Lipinski definition) is 0. The SMILES string of the molecule is CC[C@](Br)(C(=O)c1ccc(-c2ccccc2)cc1)S(C)(=O)=O. The highest BCUT2D eigenvalue weighted by Gasteiger charge is 2.44. The summed E-state index contributed by atoms with van der Waals surface area (Å²) < 4.78 is 22.3. The molecule has 0 saturated heterocycles. The fourth-order valence-electron chi connectivity index (χ4n) is 2.25. The maximum atomic E-state index is 12.6. The summed E-state index contributed by atoms with van der Waals surface area (Å²) in [5.41, 5.74) is 2.40. The third-order valence-electron chi connectivity index (χ3n) is 3.64. The predicted molar refractivity (Wildman–Crippen MR) is 93.0 cm³/mol. The topological polar surface area (TPSA) is 51.2 Å². The monoisotopic (exact) mass is 380 g/mol. The Balaban J connectivity index is 2.37. The van der Waals surface area contributed by atoms with Crippen LogP contribution in [0.5, 0.6) is 0 Å². The van der Waals surface area contributed by atoms with E-state index in [1.54, 1.807) is 19.1 Å². The lowest BCUT2D eigenvalue weighted by Crippen LogP contribution is -2.39. The van der Waals surface area contributed by atoms with E-state index in [1.165, 1.54) is 0 Å². The van der Waals surface area contributed by atoms with E-state index < -0.39 is 19.3 Å². The van der Waals surface area contributed by atoms with Gasteiger partial charge in [-0.15, -0.1) is 0 Å². The van der Waals surface area contributed by atoms with Crippen molar-refractivity contribution < 1.29 is 13.2 Å². The molecule has 116 valence electrons. The van der Waals surface area contributed by atoms with Crippen molar-refractivity contribution in [3.63, 3.8) is 0 Å². The van der Waals surface area contributed by atoms with Gasteiger partial charge in [0.15, 0.2) is 19.3 Å². The second-order valence-corrected chi connectivity index (χ2v) is 9.25. The van der Waals surface area contributed by atoms with Gasteiger partial charge in [0, 0.05) is 11.8 Å². The van der Waals surface area contributed by atoms with Gasteiger partial charge in [-0.2, -0.15) is 0 Å². The molecular formula is C17H17BrO3S. The number of halogens is 1. The molecule has 0 aliphatic heterocycles. The maximum Gasteiger partial charge on any atom is 0.194 e. The van der Waals surface area contributed by atoms with Crippen LogP contribution in [0.3, 0.4) is 0 Å². The highest BCUT2D eigenvalue weighted by Crippen LogP contribution is 2.33. The molecule has 0 heterocycles. The second kappa shape index (κ2) is 6.34. The minimum Gasteiger partial charge on any atom is -0.291 e. The van der Waals surface area contributed by atoms with Gasteiger partial charge in [-0.1, -0.05) is 77.5 Å². The van der Waals surface area contributed by atoms with Crippen molar-refractivity contribution in [1.29, 1.82) is 0 Å². The van der Waals surface area contributed by atoms with Crippen molar-refractivity contribution in [2.24, 2.45) is 0 Å². The fraction of sp³-hybridized carbons (Fsp3) is 0.235. The van der Waals surface area contributed by atoms with Crippen molar-refractivity contribution in [3.05, 3.63) is 60.2 Å². The summed E-state index contributed by atoms with van der Waals surface area (Å²) in [6.07, 6.45) is 1.24. The zero-order valence-corrected chi connectivity index (χ0v) is 14.8. The van der Waals surface area contributed by atoms with E-state index >= 15 is 0 Å².